The van der Waals surface area contributed by atoms with E-state index in [4.69, 9.17) is 0 Å². The van der Waals surface area contributed by atoms with Gasteiger partial charge in [0.05, 0.1) is 18.0 Å². The lowest BCUT2D eigenvalue weighted by Crippen LogP contribution is -1.94. The Morgan fingerprint density at radius 1 is 1.09 bits per heavy atom. The molecule has 0 saturated heterocycles. The van der Waals surface area contributed by atoms with Gasteiger partial charge in [0.15, 0.2) is 0 Å². The monoisotopic (exact) mass is 314 g/mol. The zero-order chi connectivity index (χ0) is 15.5. The molecule has 0 bridgehead atoms. The number of rotatable bonds is 4. The first-order valence-corrected chi connectivity index (χ1v) is 8.03. The van der Waals surface area contributed by atoms with E-state index in [1.807, 2.05) is 30.5 Å². The number of aliphatic hydroxyl groups excluding tert-OH is 1. The fraction of sp³-hybridized carbons (Fsp3) is 0.118. The van der Waals surface area contributed by atoms with E-state index in [-0.39, 0.29) is 12.4 Å². The van der Waals surface area contributed by atoms with Crippen molar-refractivity contribution in [2.24, 2.45) is 0 Å². The van der Waals surface area contributed by atoms with E-state index in [0.29, 0.717) is 0 Å². The average molecular weight is 314 g/mol. The minimum Gasteiger partial charge on any atom is -0.392 e. The topological polar surface area (TPSA) is 38.0 Å². The second-order valence-corrected chi connectivity index (χ2v) is 5.69. The molecule has 22 heavy (non-hydrogen) atoms. The smallest absolute Gasteiger partial charge is 0.123 e. The van der Waals surface area contributed by atoms with Crippen LogP contribution in [0.4, 0.5) is 4.39 Å². The van der Waals surface area contributed by atoms with Crippen LogP contribution in [-0.2, 0) is 6.61 Å². The zero-order valence-corrected chi connectivity index (χ0v) is 12.8. The van der Waals surface area contributed by atoms with Gasteiger partial charge >= 0.3 is 0 Å². The highest BCUT2D eigenvalue weighted by Crippen LogP contribution is 2.26. The lowest BCUT2D eigenvalue weighted by Gasteiger charge is -2.02. The molecule has 1 heterocycles. The summed E-state index contributed by atoms with van der Waals surface area (Å²) < 4.78 is 14.7. The maximum atomic E-state index is 13.0. The molecule has 3 aromatic rings. The Morgan fingerprint density at radius 3 is 2.36 bits per heavy atom. The number of halogens is 1. The van der Waals surface area contributed by atoms with Crippen LogP contribution in [0.15, 0.2) is 59.6 Å². The Kier molecular flexibility index (Phi) is 4.27. The van der Waals surface area contributed by atoms with Gasteiger partial charge in [0.25, 0.3) is 0 Å². The Labute approximate surface area is 132 Å². The number of thioether (sulfide) groups is 1. The largest absolute Gasteiger partial charge is 0.392 e. The fourth-order valence-electron chi connectivity index (χ4n) is 2.24. The molecule has 0 aliphatic heterocycles. The van der Waals surface area contributed by atoms with Crippen molar-refractivity contribution in [3.63, 3.8) is 0 Å². The number of aromatic nitrogens is 2. The van der Waals surface area contributed by atoms with Crippen LogP contribution in [0.1, 0.15) is 5.56 Å². The molecule has 0 aliphatic rings. The first-order chi connectivity index (χ1) is 10.7. The summed E-state index contributed by atoms with van der Waals surface area (Å²) in [4.78, 5) is 1.17. The van der Waals surface area contributed by atoms with Gasteiger partial charge in [-0.05, 0) is 42.7 Å². The third-order valence-corrected chi connectivity index (χ3v) is 4.16. The molecular formula is C17H15FN2OS. The molecule has 5 heteroatoms. The second-order valence-electron chi connectivity index (χ2n) is 4.81. The molecule has 1 aromatic heterocycles. The van der Waals surface area contributed by atoms with E-state index >= 15 is 0 Å². The summed E-state index contributed by atoms with van der Waals surface area (Å²) in [5.41, 5.74) is 3.17. The summed E-state index contributed by atoms with van der Waals surface area (Å²) in [5, 5.41) is 14.1. The van der Waals surface area contributed by atoms with Crippen molar-refractivity contribution in [2.75, 3.05) is 6.26 Å². The molecular weight excluding hydrogens is 299 g/mol. The lowest BCUT2D eigenvalue weighted by atomic mass is 10.1. The summed E-state index contributed by atoms with van der Waals surface area (Å²) in [7, 11) is 0. The van der Waals surface area contributed by atoms with Crippen molar-refractivity contribution in [2.45, 2.75) is 11.5 Å². The number of aliphatic hydroxyl groups is 1. The Morgan fingerprint density at radius 2 is 1.77 bits per heavy atom. The van der Waals surface area contributed by atoms with E-state index in [1.54, 1.807) is 34.8 Å². The predicted octanol–water partition coefficient (Wildman–Crippen LogP) is 3.89. The van der Waals surface area contributed by atoms with Crippen molar-refractivity contribution in [1.29, 1.82) is 0 Å². The molecule has 1 N–H and O–H groups in total. The molecule has 0 saturated carbocycles. The number of hydrogen-bond acceptors (Lipinski definition) is 3. The molecule has 0 atom stereocenters. The highest BCUT2D eigenvalue weighted by Gasteiger charge is 2.11. The van der Waals surface area contributed by atoms with Gasteiger partial charge in [0.1, 0.15) is 5.82 Å². The zero-order valence-electron chi connectivity index (χ0n) is 12.0. The standard InChI is InChI=1S/C17H15FN2OS/c1-22-16-8-2-12(3-9-16)17-13(11-21)10-20(19-17)15-6-4-14(18)5-7-15/h2-10,21H,11H2,1H3. The normalized spacial score (nSPS) is 10.9. The van der Waals surface area contributed by atoms with E-state index in [1.165, 1.54) is 17.0 Å². The fourth-order valence-corrected chi connectivity index (χ4v) is 2.65. The number of benzene rings is 2. The molecule has 0 radical (unpaired) electrons. The summed E-state index contributed by atoms with van der Waals surface area (Å²) in [5.74, 6) is -0.286. The maximum Gasteiger partial charge on any atom is 0.123 e. The molecule has 0 amide bonds. The third kappa shape index (κ3) is 2.91. The summed E-state index contributed by atoms with van der Waals surface area (Å²) in [6.45, 7) is -0.0964. The minimum atomic E-state index is -0.286. The molecule has 0 unspecified atom stereocenters. The van der Waals surface area contributed by atoms with Crippen LogP contribution in [0, 0.1) is 5.82 Å². The molecule has 0 aliphatic carbocycles. The van der Waals surface area contributed by atoms with E-state index < -0.39 is 0 Å². The summed E-state index contributed by atoms with van der Waals surface area (Å²) in [6.07, 6.45) is 3.79. The SMILES string of the molecule is CSc1ccc(-c2nn(-c3ccc(F)cc3)cc2CO)cc1. The van der Waals surface area contributed by atoms with Gasteiger partial charge in [-0.15, -0.1) is 11.8 Å². The molecule has 112 valence electrons. The van der Waals surface area contributed by atoms with Gasteiger partial charge in [-0.1, -0.05) is 12.1 Å². The second kappa shape index (κ2) is 6.34. The molecule has 0 fully saturated rings. The van der Waals surface area contributed by atoms with E-state index in [2.05, 4.69) is 5.10 Å². The Balaban J connectivity index is 2.02. The van der Waals surface area contributed by atoms with Crippen LogP contribution in [0.2, 0.25) is 0 Å². The lowest BCUT2D eigenvalue weighted by molar-refractivity contribution is 0.282. The van der Waals surface area contributed by atoms with E-state index in [9.17, 15) is 9.50 Å². The average Bonchev–Trinajstić information content (AvgIpc) is 3.00. The maximum absolute atomic E-state index is 13.0. The molecule has 3 rings (SSSR count). The van der Waals surface area contributed by atoms with Gasteiger partial charge in [-0.2, -0.15) is 5.10 Å². The third-order valence-electron chi connectivity index (χ3n) is 3.41. The van der Waals surface area contributed by atoms with Crippen LogP contribution in [0.25, 0.3) is 16.9 Å². The van der Waals surface area contributed by atoms with Gasteiger partial charge < -0.3 is 5.11 Å². The van der Waals surface area contributed by atoms with Crippen molar-refractivity contribution in [3.8, 4) is 16.9 Å². The van der Waals surface area contributed by atoms with Crippen molar-refractivity contribution < 1.29 is 9.50 Å². The number of nitrogens with zero attached hydrogens (tertiary/aromatic N) is 2. The summed E-state index contributed by atoms with van der Waals surface area (Å²) in [6, 6.07) is 14.1. The number of hydrogen-bond donors (Lipinski definition) is 1. The van der Waals surface area contributed by atoms with Gasteiger partial charge in [-0.25, -0.2) is 9.07 Å². The minimum absolute atomic E-state index is 0.0964. The van der Waals surface area contributed by atoms with Crippen molar-refractivity contribution in [3.05, 3.63) is 66.1 Å². The quantitative estimate of drug-likeness (QED) is 0.742. The highest BCUT2D eigenvalue weighted by atomic mass is 32.2. The van der Waals surface area contributed by atoms with Crippen LogP contribution < -0.4 is 0 Å². The van der Waals surface area contributed by atoms with Crippen LogP contribution in [-0.4, -0.2) is 21.1 Å². The summed E-state index contributed by atoms with van der Waals surface area (Å²) >= 11 is 1.68. The predicted molar refractivity (Wildman–Crippen MR) is 86.7 cm³/mol. The first-order valence-electron chi connectivity index (χ1n) is 6.81. The molecule has 2 aromatic carbocycles. The van der Waals surface area contributed by atoms with Crippen LogP contribution >= 0.6 is 11.8 Å². The van der Waals surface area contributed by atoms with Crippen LogP contribution in [0.3, 0.4) is 0 Å². The Bertz CT molecular complexity index is 766. The van der Waals surface area contributed by atoms with Gasteiger partial charge in [0.2, 0.25) is 0 Å². The van der Waals surface area contributed by atoms with Gasteiger partial charge in [-0.3, -0.25) is 0 Å². The van der Waals surface area contributed by atoms with Crippen LogP contribution in [0.5, 0.6) is 0 Å². The molecule has 3 nitrogen and oxygen atoms in total. The van der Waals surface area contributed by atoms with E-state index in [0.717, 1.165) is 22.5 Å². The Hall–Kier alpha value is -2.11. The molecule has 0 spiro atoms. The highest BCUT2D eigenvalue weighted by molar-refractivity contribution is 7.98. The van der Waals surface area contributed by atoms with Crippen molar-refractivity contribution in [1.82, 2.24) is 9.78 Å². The van der Waals surface area contributed by atoms with Gasteiger partial charge in [0, 0.05) is 22.2 Å². The van der Waals surface area contributed by atoms with Crippen molar-refractivity contribution >= 4 is 11.8 Å². The first kappa shape index (κ1) is 14.8.